The minimum absolute atomic E-state index is 0.375. The van der Waals surface area contributed by atoms with Crippen LogP contribution in [0.25, 0.3) is 0 Å². The van der Waals surface area contributed by atoms with Gasteiger partial charge in [0.05, 0.1) is 0 Å². The summed E-state index contributed by atoms with van der Waals surface area (Å²) in [6.45, 7) is 0. The van der Waals surface area contributed by atoms with Gasteiger partial charge in [0.1, 0.15) is 0 Å². The van der Waals surface area contributed by atoms with E-state index >= 15 is 0 Å². The molecule has 0 amide bonds. The molecule has 32 valence electrons. The van der Waals surface area contributed by atoms with Crippen molar-refractivity contribution in [1.29, 1.82) is 0 Å². The Hall–Kier alpha value is 0.333. The molecule has 0 fully saturated rings. The Bertz CT molecular complexity index is 22.4. The molecule has 0 aliphatic heterocycles. The van der Waals surface area contributed by atoms with E-state index in [0.717, 1.165) is 0 Å². The van der Waals surface area contributed by atoms with E-state index in [1.807, 2.05) is 0 Å². The molecule has 0 atom stereocenters. The van der Waals surface area contributed by atoms with Crippen LogP contribution in [0.4, 0.5) is 10.5 Å². The molecule has 0 saturated carbocycles. The minimum atomic E-state index is -5.50. The molecular formula is CH3F3Ge. The Morgan fingerprint density at radius 1 is 1.20 bits per heavy atom. The van der Waals surface area contributed by atoms with Crippen LogP contribution in [-0.2, 0) is 0 Å². The van der Waals surface area contributed by atoms with E-state index < -0.39 is 14.7 Å². The Morgan fingerprint density at radius 2 is 1.20 bits per heavy atom. The molecule has 0 aliphatic rings. The van der Waals surface area contributed by atoms with Gasteiger partial charge in [-0.15, -0.1) is 0 Å². The van der Waals surface area contributed by atoms with Crippen LogP contribution in [0.15, 0.2) is 0 Å². The summed E-state index contributed by atoms with van der Waals surface area (Å²) in [5.41, 5.74) is 0. The molecule has 0 unspecified atom stereocenters. The van der Waals surface area contributed by atoms with Gasteiger partial charge in [0.25, 0.3) is 0 Å². The van der Waals surface area contributed by atoms with Crippen molar-refractivity contribution in [2.45, 2.75) is 5.76 Å². The molecule has 0 nitrogen and oxygen atoms in total. The Labute approximate surface area is 31.8 Å². The van der Waals surface area contributed by atoms with E-state index in [2.05, 4.69) is 0 Å². The quantitative estimate of drug-likeness (QED) is 0.452. The maximum absolute atomic E-state index is 10.5. The number of rotatable bonds is 0. The third-order valence-electron chi connectivity index (χ3n) is 0. The van der Waals surface area contributed by atoms with Crippen molar-refractivity contribution in [2.24, 2.45) is 0 Å². The van der Waals surface area contributed by atoms with E-state index in [0.29, 0.717) is 5.76 Å². The van der Waals surface area contributed by atoms with Crippen LogP contribution in [0.3, 0.4) is 0 Å². The molecule has 4 heteroatoms. The molecule has 0 aromatic rings. The van der Waals surface area contributed by atoms with Crippen LogP contribution in [0.2, 0.25) is 5.76 Å². The molecule has 0 heterocycles. The van der Waals surface area contributed by atoms with Gasteiger partial charge in [0, 0.05) is 0 Å². The van der Waals surface area contributed by atoms with Crippen molar-refractivity contribution in [3.05, 3.63) is 0 Å². The topological polar surface area (TPSA) is 0 Å². The first-order chi connectivity index (χ1) is 2.00. The fourth-order valence-electron chi connectivity index (χ4n) is 0. The summed E-state index contributed by atoms with van der Waals surface area (Å²) in [4.78, 5) is 0. The zero-order chi connectivity index (χ0) is 4.50. The molecule has 0 N–H and O–H groups in total. The fourth-order valence-corrected chi connectivity index (χ4v) is 0. The molecule has 0 aromatic carbocycles. The van der Waals surface area contributed by atoms with Gasteiger partial charge in [-0.1, -0.05) is 0 Å². The standard InChI is InChI=1S/CH3F3Ge/c1-5(2,3)4/h1H3. The summed E-state index contributed by atoms with van der Waals surface area (Å²) in [6.07, 6.45) is 0. The van der Waals surface area contributed by atoms with E-state index in [1.165, 1.54) is 0 Å². The van der Waals surface area contributed by atoms with E-state index in [-0.39, 0.29) is 0 Å². The van der Waals surface area contributed by atoms with Gasteiger partial charge in [0.2, 0.25) is 0 Å². The van der Waals surface area contributed by atoms with Gasteiger partial charge in [-0.05, 0) is 0 Å². The SMILES string of the molecule is [CH3][Ge]([F])([F])[F]. The second kappa shape index (κ2) is 1.20. The molecule has 0 bridgehead atoms. The van der Waals surface area contributed by atoms with Crippen molar-refractivity contribution in [1.82, 2.24) is 0 Å². The summed E-state index contributed by atoms with van der Waals surface area (Å²) in [5, 5.41) is 0. The number of hydrogen-bond donors (Lipinski definition) is 0. The van der Waals surface area contributed by atoms with Crippen molar-refractivity contribution in [3.63, 3.8) is 0 Å². The molecule has 0 rings (SSSR count). The van der Waals surface area contributed by atoms with Crippen LogP contribution < -0.4 is 0 Å². The Kier molecular flexibility index (Phi) is 1.28. The van der Waals surface area contributed by atoms with Crippen LogP contribution in [0, 0.1) is 0 Å². The first-order valence-corrected chi connectivity index (χ1v) is 5.54. The summed E-state index contributed by atoms with van der Waals surface area (Å²) < 4.78 is 31.6. The molecule has 5 heavy (non-hydrogen) atoms. The molecule has 0 aromatic heterocycles. The van der Waals surface area contributed by atoms with E-state index in [1.54, 1.807) is 0 Å². The van der Waals surface area contributed by atoms with Gasteiger partial charge in [0.15, 0.2) is 0 Å². The van der Waals surface area contributed by atoms with Gasteiger partial charge < -0.3 is 0 Å². The fraction of sp³-hybridized carbons (Fsp3) is 1.00. The van der Waals surface area contributed by atoms with Crippen LogP contribution in [0.5, 0.6) is 0 Å². The molecule has 0 aliphatic carbocycles. The molecule has 0 radical (unpaired) electrons. The predicted octanol–water partition coefficient (Wildman–Crippen LogP) is 1.46. The second-order valence-electron chi connectivity index (χ2n) is 0.781. The summed E-state index contributed by atoms with van der Waals surface area (Å²) >= 11 is -5.50. The summed E-state index contributed by atoms with van der Waals surface area (Å²) in [7, 11) is 0. The third-order valence-corrected chi connectivity index (χ3v) is 0. The van der Waals surface area contributed by atoms with Crippen LogP contribution in [-0.4, -0.2) is 14.7 Å². The van der Waals surface area contributed by atoms with Crippen LogP contribution in [0.1, 0.15) is 0 Å². The van der Waals surface area contributed by atoms with Crippen molar-refractivity contribution in [2.75, 3.05) is 0 Å². The number of hydrogen-bond acceptors (Lipinski definition) is 0. The second-order valence-corrected chi connectivity index (χ2v) is 4.06. The van der Waals surface area contributed by atoms with E-state index in [9.17, 15) is 10.5 Å². The van der Waals surface area contributed by atoms with Gasteiger partial charge >= 0.3 is 30.9 Å². The van der Waals surface area contributed by atoms with Gasteiger partial charge in [-0.25, -0.2) is 0 Å². The predicted molar refractivity (Wildman–Crippen MR) is 14.9 cm³/mol. The molecular weight excluding hydrogens is 142 g/mol. The Balaban J connectivity index is 3.02. The molecule has 0 spiro atoms. The monoisotopic (exact) mass is 146 g/mol. The average Bonchev–Trinajstić information content (AvgIpc) is 0.722. The zero-order valence-electron chi connectivity index (χ0n) is 2.63. The van der Waals surface area contributed by atoms with Crippen LogP contribution >= 0.6 is 0 Å². The normalized spacial score (nSPS) is 12.0. The van der Waals surface area contributed by atoms with Gasteiger partial charge in [-0.3, -0.25) is 0 Å². The first-order valence-electron chi connectivity index (χ1n) is 1.07. The van der Waals surface area contributed by atoms with Crippen molar-refractivity contribution < 1.29 is 10.5 Å². The zero-order valence-corrected chi connectivity index (χ0v) is 4.73. The third kappa shape index (κ3) is 213. The molecule has 0 saturated heterocycles. The van der Waals surface area contributed by atoms with E-state index in [4.69, 9.17) is 0 Å². The maximum atomic E-state index is 10.5. The summed E-state index contributed by atoms with van der Waals surface area (Å²) in [6, 6.07) is 0. The average molecular weight is 145 g/mol. The first kappa shape index (κ1) is 5.33. The van der Waals surface area contributed by atoms with Crippen molar-refractivity contribution in [3.8, 4) is 0 Å². The Morgan fingerprint density at radius 3 is 1.20 bits per heavy atom. The van der Waals surface area contributed by atoms with Gasteiger partial charge in [-0.2, -0.15) is 0 Å². The number of halogens is 3. The summed E-state index contributed by atoms with van der Waals surface area (Å²) in [5.74, 6) is 0.375. The van der Waals surface area contributed by atoms with Crippen molar-refractivity contribution >= 4 is 14.7 Å².